The molecule has 0 aliphatic carbocycles. The van der Waals surface area contributed by atoms with E-state index in [9.17, 15) is 0 Å². The number of nitrogens with one attached hydrogen (secondary N) is 3. The molecule has 136 heavy (non-hydrogen) atoms. The van der Waals surface area contributed by atoms with Gasteiger partial charge in [-0.05, 0) is 225 Å². The molecule has 0 atom stereocenters. The molecule has 0 fully saturated rings. The predicted octanol–water partition coefficient (Wildman–Crippen LogP) is 35.1. The molecule has 0 radical (unpaired) electrons. The molecule has 7 nitrogen and oxygen atoms in total. The maximum atomic E-state index is 4.46. The summed E-state index contributed by atoms with van der Waals surface area (Å²) in [5, 5.41) is 32.7. The zero-order valence-corrected chi connectivity index (χ0v) is 73.8. The van der Waals surface area contributed by atoms with Gasteiger partial charge in [0.05, 0.1) is 61.5 Å². The minimum atomic E-state index is 1.07. The summed E-state index contributed by atoms with van der Waals surface area (Å²) in [6.45, 7) is 0. The van der Waals surface area contributed by atoms with Gasteiger partial charge in [0, 0.05) is 126 Å². The average molecular weight is 1730 g/mol. The van der Waals surface area contributed by atoms with Crippen LogP contribution in [-0.4, -0.2) is 33.6 Å². The minimum absolute atomic E-state index is 1.07. The lowest BCUT2D eigenvalue weighted by molar-refractivity contribution is 1.15. The molecule has 3 N–H and O–H groups in total. The Balaban J connectivity index is 0.000000102. The second-order valence-electron chi connectivity index (χ2n) is 36.1. The van der Waals surface area contributed by atoms with E-state index in [0.29, 0.717) is 0 Å². The number of pyridine rings is 1. The van der Waals surface area contributed by atoms with Gasteiger partial charge in [0.15, 0.2) is 0 Å². The van der Waals surface area contributed by atoms with E-state index < -0.39 is 0 Å². The molecule has 0 spiro atoms. The number of H-pyrrole nitrogens is 3. The van der Waals surface area contributed by atoms with Gasteiger partial charge in [0.1, 0.15) is 0 Å². The van der Waals surface area contributed by atoms with Crippen molar-refractivity contribution in [2.75, 3.05) is 0 Å². The summed E-state index contributed by atoms with van der Waals surface area (Å²) < 4.78 is 7.21. The maximum Gasteiger partial charge on any atom is 0.0645 e. The smallest absolute Gasteiger partial charge is 0.0645 e. The van der Waals surface area contributed by atoms with Crippen LogP contribution in [0.1, 0.15) is 0 Å². The molecule has 0 saturated carbocycles. The molecule has 30 rings (SSSR count). The third-order valence-electron chi connectivity index (χ3n) is 28.8. The van der Waals surface area contributed by atoms with E-state index in [-0.39, 0.29) is 0 Å². The molecule has 7 heterocycles. The highest BCUT2D eigenvalue weighted by molar-refractivity contribution is 6.30. The molecule has 7 aromatic heterocycles. The second kappa shape index (κ2) is 30.7. The fourth-order valence-corrected chi connectivity index (χ4v) is 22.8. The van der Waals surface area contributed by atoms with Gasteiger partial charge >= 0.3 is 0 Å². The van der Waals surface area contributed by atoms with E-state index in [1.165, 1.54) is 273 Å². The zero-order chi connectivity index (χ0) is 89.2. The predicted molar refractivity (Wildman–Crippen MR) is 578 cm³/mol. The largest absolute Gasteiger partial charge is 0.354 e. The first-order chi connectivity index (χ1) is 67.5. The molecule has 0 bridgehead atoms. The number of rotatable bonds is 8. The van der Waals surface area contributed by atoms with Gasteiger partial charge in [-0.15, -0.1) is 0 Å². The molecule has 0 saturated heterocycles. The SMILES string of the molecule is c1ccc(-n2c3ccccc3c3c4ccccc4c(-c4cc5c6ccccc6[nH]c5c5ccccc45)cc32)cc1.c1ccc(-n2c3ccccc3c3cc(-c4ccc5cc(-c6cc7c8ccccc8[nH]c7c7ccccc67)ccc5c4)c4ccccc4c32)cc1.c1cncc(-n2c3ccccc3c3cc(-c4ccc(-c5cc6c7ccccc7[nH]c6c6ccccc56)cc4)c4ccccc4c32)c1. The highest BCUT2D eigenvalue weighted by atomic mass is 15.0. The van der Waals surface area contributed by atoms with Crippen LogP contribution >= 0.6 is 0 Å². The van der Waals surface area contributed by atoms with Gasteiger partial charge in [-0.1, -0.05) is 340 Å². The van der Waals surface area contributed by atoms with Crippen molar-refractivity contribution in [3.63, 3.8) is 0 Å². The van der Waals surface area contributed by atoms with Gasteiger partial charge < -0.3 is 28.7 Å². The number of benzene rings is 23. The zero-order valence-electron chi connectivity index (χ0n) is 73.8. The molecule has 0 amide bonds. The number of hydrogen-bond acceptors (Lipinski definition) is 1. The summed E-state index contributed by atoms with van der Waals surface area (Å²) in [5.74, 6) is 0. The molecular weight excluding hydrogens is 1650 g/mol. The molecule has 0 aliphatic heterocycles. The maximum absolute atomic E-state index is 4.46. The van der Waals surface area contributed by atoms with Gasteiger partial charge in [-0.2, -0.15) is 0 Å². The molecule has 23 aromatic carbocycles. The van der Waals surface area contributed by atoms with Crippen LogP contribution in [0, 0.1) is 0 Å². The van der Waals surface area contributed by atoms with E-state index >= 15 is 0 Å². The monoisotopic (exact) mass is 1730 g/mol. The van der Waals surface area contributed by atoms with Crippen LogP contribution in [0.15, 0.2) is 473 Å². The van der Waals surface area contributed by atoms with Crippen LogP contribution in [0.2, 0.25) is 0 Å². The quantitative estimate of drug-likeness (QED) is 0.139. The van der Waals surface area contributed by atoms with E-state index in [2.05, 4.69) is 489 Å². The van der Waals surface area contributed by atoms with Gasteiger partial charge in [0.25, 0.3) is 0 Å². The van der Waals surface area contributed by atoms with Crippen molar-refractivity contribution in [2.24, 2.45) is 0 Å². The summed E-state index contributed by atoms with van der Waals surface area (Å²) in [6, 6.07) is 168. The van der Waals surface area contributed by atoms with Crippen molar-refractivity contribution in [1.29, 1.82) is 0 Å². The summed E-state index contributed by atoms with van der Waals surface area (Å²) in [5.41, 5.74) is 30.2. The summed E-state index contributed by atoms with van der Waals surface area (Å²) in [4.78, 5) is 15.5. The van der Waals surface area contributed by atoms with E-state index in [4.69, 9.17) is 0 Å². The van der Waals surface area contributed by atoms with Crippen LogP contribution < -0.4 is 0 Å². The average Bonchev–Trinajstić information content (AvgIpc) is 1.55. The molecule has 7 heteroatoms. The second-order valence-corrected chi connectivity index (χ2v) is 36.1. The lowest BCUT2D eigenvalue weighted by Crippen LogP contribution is -1.95. The van der Waals surface area contributed by atoms with E-state index in [1.54, 1.807) is 0 Å². The lowest BCUT2D eigenvalue weighted by Gasteiger charge is -2.14. The van der Waals surface area contributed by atoms with E-state index in [0.717, 1.165) is 5.69 Å². The highest BCUT2D eigenvalue weighted by Crippen LogP contribution is 2.50. The fourth-order valence-electron chi connectivity index (χ4n) is 22.8. The Morgan fingerprint density at radius 1 is 0.169 bits per heavy atom. The Bertz CT molecular complexity index is 10200. The topological polar surface area (TPSA) is 75.0 Å². The summed E-state index contributed by atoms with van der Waals surface area (Å²) in [6.07, 6.45) is 3.78. The number of fused-ring (bicyclic) bond motifs is 31. The third kappa shape index (κ3) is 11.9. The molecule has 0 aliphatic rings. The number of nitrogens with zero attached hydrogens (tertiary/aromatic N) is 4. The lowest BCUT2D eigenvalue weighted by atomic mass is 9.90. The van der Waals surface area contributed by atoms with Crippen molar-refractivity contribution in [1.82, 2.24) is 33.6 Å². The van der Waals surface area contributed by atoms with Crippen molar-refractivity contribution >= 4 is 206 Å². The first-order valence-electron chi connectivity index (χ1n) is 46.8. The van der Waals surface area contributed by atoms with Crippen molar-refractivity contribution in [3.8, 4) is 72.7 Å². The Labute approximate surface area is 780 Å². The van der Waals surface area contributed by atoms with Crippen LogP contribution in [0.5, 0.6) is 0 Å². The van der Waals surface area contributed by atoms with Crippen LogP contribution in [-0.2, 0) is 0 Å². The number of aromatic amines is 3. The van der Waals surface area contributed by atoms with Gasteiger partial charge in [-0.3, -0.25) is 4.98 Å². The molecule has 0 unspecified atom stereocenters. The normalized spacial score (nSPS) is 12.0. The Morgan fingerprint density at radius 3 is 0.897 bits per heavy atom. The highest BCUT2D eigenvalue weighted by Gasteiger charge is 2.26. The summed E-state index contributed by atoms with van der Waals surface area (Å²) >= 11 is 0. The summed E-state index contributed by atoms with van der Waals surface area (Å²) in [7, 11) is 0. The van der Waals surface area contributed by atoms with Gasteiger partial charge in [0.2, 0.25) is 0 Å². The van der Waals surface area contributed by atoms with Crippen molar-refractivity contribution in [2.45, 2.75) is 0 Å². The molecular formula is C129H81N7. The van der Waals surface area contributed by atoms with E-state index in [1.807, 2.05) is 18.5 Å². The number of para-hydroxylation sites is 8. The number of aromatic nitrogens is 7. The Kier molecular flexibility index (Phi) is 17.3. The van der Waals surface area contributed by atoms with Crippen LogP contribution in [0.3, 0.4) is 0 Å². The van der Waals surface area contributed by atoms with Crippen LogP contribution in [0.4, 0.5) is 0 Å². The minimum Gasteiger partial charge on any atom is -0.354 e. The Morgan fingerprint density at radius 2 is 0.463 bits per heavy atom. The first kappa shape index (κ1) is 76.7. The third-order valence-corrected chi connectivity index (χ3v) is 28.8. The van der Waals surface area contributed by atoms with Crippen molar-refractivity contribution < 1.29 is 0 Å². The first-order valence-corrected chi connectivity index (χ1v) is 46.8. The fraction of sp³-hybridized carbons (Fsp3) is 0. The number of hydrogen-bond donors (Lipinski definition) is 3. The molecule has 632 valence electrons. The standard InChI is InChI=1S/C48H30N2.C43H27N3.C38H24N2/c1-2-12-34(13-3-1)50-46-21-11-9-17-38(46)44-29-42(36-15-5-7-19-40(36)48(44)50)33-25-23-30-26-32(24-22-31(30)27-33)41-28-43-37-16-8-10-20-45(37)49-47(43)39-18-6-4-14-35(39)41;1-3-15-34-30(11-1)36(24-38-32-13-5-7-17-40(32)45-42(34)38)27-19-21-28(22-20-27)37-25-39-33-14-6-8-18-41(33)46(29-10-9-23-44-26-29)43(39)35-16-4-2-12-31(35)37;1-2-12-24(13-3-1)40-35-21-11-9-19-30(35)37-28-17-6-4-14-25(28)32(23-36(37)40)31-22-33-27-16-8-10-20-34(27)39-38(33)29-18-7-5-15-26(29)31/h1-29,49H;1-26,45H;1-23,39H. The molecule has 30 aromatic rings. The van der Waals surface area contributed by atoms with Crippen LogP contribution in [0.25, 0.3) is 279 Å². The Hall–Kier alpha value is -18.2. The van der Waals surface area contributed by atoms with Gasteiger partial charge in [-0.25, -0.2) is 0 Å². The van der Waals surface area contributed by atoms with Crippen molar-refractivity contribution in [3.05, 3.63) is 473 Å².